The zero-order chi connectivity index (χ0) is 15.3. The van der Waals surface area contributed by atoms with E-state index in [1.165, 1.54) is 24.3 Å². The standard InChI is InChI=1S/C11H14N4O4S/c1-7(2)10(11(16)17)14-20(18,19)9-5-3-8(4-6-9)13-15-12/h3-7,10,14H,1-2H3,(H,16,17). The zero-order valence-electron chi connectivity index (χ0n) is 10.9. The minimum Gasteiger partial charge on any atom is -0.480 e. The smallest absolute Gasteiger partial charge is 0.322 e. The summed E-state index contributed by atoms with van der Waals surface area (Å²) in [4.78, 5) is 13.5. The molecule has 0 fully saturated rings. The molecular weight excluding hydrogens is 284 g/mol. The predicted molar refractivity (Wildman–Crippen MR) is 71.8 cm³/mol. The molecule has 0 heterocycles. The predicted octanol–water partition coefficient (Wildman–Crippen LogP) is 2.02. The molecule has 1 aromatic carbocycles. The molecule has 1 atom stereocenters. The molecular formula is C11H14N4O4S. The first-order chi connectivity index (χ1) is 9.27. The molecule has 0 saturated heterocycles. The molecule has 8 nitrogen and oxygen atoms in total. The van der Waals surface area contributed by atoms with Crippen molar-refractivity contribution in [2.45, 2.75) is 24.8 Å². The number of hydrogen-bond acceptors (Lipinski definition) is 4. The Hall–Kier alpha value is -2.09. The van der Waals surface area contributed by atoms with Gasteiger partial charge in [0.05, 0.1) is 4.90 Å². The highest BCUT2D eigenvalue weighted by Gasteiger charge is 2.27. The van der Waals surface area contributed by atoms with Crippen LogP contribution in [0.4, 0.5) is 5.69 Å². The van der Waals surface area contributed by atoms with E-state index in [0.717, 1.165) is 0 Å². The monoisotopic (exact) mass is 298 g/mol. The van der Waals surface area contributed by atoms with E-state index in [1.807, 2.05) is 0 Å². The van der Waals surface area contributed by atoms with Gasteiger partial charge in [0.1, 0.15) is 6.04 Å². The number of nitrogens with zero attached hydrogens (tertiary/aromatic N) is 3. The van der Waals surface area contributed by atoms with Crippen molar-refractivity contribution in [1.29, 1.82) is 0 Å². The van der Waals surface area contributed by atoms with Crippen LogP contribution in [0.1, 0.15) is 13.8 Å². The largest absolute Gasteiger partial charge is 0.480 e. The Balaban J connectivity index is 3.04. The molecule has 0 bridgehead atoms. The zero-order valence-corrected chi connectivity index (χ0v) is 11.7. The van der Waals surface area contributed by atoms with Gasteiger partial charge >= 0.3 is 5.97 Å². The minimum absolute atomic E-state index is 0.0960. The number of rotatable bonds is 6. The molecule has 1 aromatic rings. The van der Waals surface area contributed by atoms with Crippen LogP contribution in [0.15, 0.2) is 34.3 Å². The number of carboxylic acids is 1. The van der Waals surface area contributed by atoms with Crippen molar-refractivity contribution in [3.8, 4) is 0 Å². The number of aliphatic carboxylic acids is 1. The average molecular weight is 298 g/mol. The third-order valence-electron chi connectivity index (χ3n) is 2.52. The van der Waals surface area contributed by atoms with Gasteiger partial charge in [-0.1, -0.05) is 31.1 Å². The van der Waals surface area contributed by atoms with Gasteiger partial charge in [-0.15, -0.1) is 0 Å². The number of hydrogen-bond donors (Lipinski definition) is 2. The Kier molecular flexibility index (Phi) is 5.09. The summed E-state index contributed by atoms with van der Waals surface area (Å²) in [6.45, 7) is 3.21. The molecule has 0 aromatic heterocycles. The quantitative estimate of drug-likeness (QED) is 0.472. The highest BCUT2D eigenvalue weighted by atomic mass is 32.2. The molecule has 2 N–H and O–H groups in total. The molecule has 0 aliphatic carbocycles. The van der Waals surface area contributed by atoms with E-state index in [0.29, 0.717) is 0 Å². The fraction of sp³-hybridized carbons (Fsp3) is 0.364. The second-order valence-electron chi connectivity index (χ2n) is 4.36. The Bertz CT molecular complexity index is 633. The van der Waals surface area contributed by atoms with Gasteiger partial charge in [-0.05, 0) is 23.6 Å². The lowest BCUT2D eigenvalue weighted by Gasteiger charge is -2.17. The van der Waals surface area contributed by atoms with Crippen molar-refractivity contribution in [1.82, 2.24) is 4.72 Å². The Morgan fingerprint density at radius 2 is 1.90 bits per heavy atom. The number of azide groups is 1. The van der Waals surface area contributed by atoms with E-state index >= 15 is 0 Å². The lowest BCUT2D eigenvalue weighted by molar-refractivity contribution is -0.140. The lowest BCUT2D eigenvalue weighted by Crippen LogP contribution is -2.44. The first-order valence-electron chi connectivity index (χ1n) is 5.68. The summed E-state index contributed by atoms with van der Waals surface area (Å²) in [5, 5.41) is 12.3. The molecule has 0 spiro atoms. The van der Waals surface area contributed by atoms with Crippen molar-refractivity contribution in [3.05, 3.63) is 34.7 Å². The van der Waals surface area contributed by atoms with Crippen molar-refractivity contribution < 1.29 is 18.3 Å². The number of nitrogens with one attached hydrogen (secondary N) is 1. The van der Waals surface area contributed by atoms with Gasteiger partial charge in [0.25, 0.3) is 0 Å². The fourth-order valence-electron chi connectivity index (χ4n) is 1.45. The molecule has 1 rings (SSSR count). The highest BCUT2D eigenvalue weighted by Crippen LogP contribution is 2.17. The van der Waals surface area contributed by atoms with Crippen LogP contribution in [0, 0.1) is 5.92 Å². The van der Waals surface area contributed by atoms with Gasteiger partial charge in [-0.25, -0.2) is 8.42 Å². The summed E-state index contributed by atoms with van der Waals surface area (Å²) in [5.41, 5.74) is 8.52. The van der Waals surface area contributed by atoms with Crippen molar-refractivity contribution in [2.24, 2.45) is 11.0 Å². The summed E-state index contributed by atoms with van der Waals surface area (Å²) in [6, 6.07) is 3.94. The van der Waals surface area contributed by atoms with Crippen LogP contribution in [0.2, 0.25) is 0 Å². The van der Waals surface area contributed by atoms with E-state index in [2.05, 4.69) is 14.7 Å². The maximum absolute atomic E-state index is 12.0. The van der Waals surface area contributed by atoms with Crippen molar-refractivity contribution in [2.75, 3.05) is 0 Å². The van der Waals surface area contributed by atoms with Gasteiger partial charge in [-0.2, -0.15) is 4.72 Å². The van der Waals surface area contributed by atoms with Crippen LogP contribution in [0.5, 0.6) is 0 Å². The molecule has 0 radical (unpaired) electrons. The van der Waals surface area contributed by atoms with Gasteiger partial charge in [0.2, 0.25) is 10.0 Å². The van der Waals surface area contributed by atoms with Crippen LogP contribution in [-0.2, 0) is 14.8 Å². The average Bonchev–Trinajstić information content (AvgIpc) is 2.36. The molecule has 0 saturated carbocycles. The summed E-state index contributed by atoms with van der Waals surface area (Å²) in [6.07, 6.45) is 0. The van der Waals surface area contributed by atoms with Crippen LogP contribution >= 0.6 is 0 Å². The van der Waals surface area contributed by atoms with Crippen molar-refractivity contribution in [3.63, 3.8) is 0 Å². The number of sulfonamides is 1. The third-order valence-corrected chi connectivity index (χ3v) is 3.98. The molecule has 1 unspecified atom stereocenters. The van der Waals surface area contributed by atoms with E-state index in [1.54, 1.807) is 13.8 Å². The molecule has 0 aliphatic heterocycles. The maximum atomic E-state index is 12.0. The van der Waals surface area contributed by atoms with Crippen LogP contribution in [0.3, 0.4) is 0 Å². The lowest BCUT2D eigenvalue weighted by atomic mass is 10.1. The normalized spacial score (nSPS) is 12.8. The number of carbonyl (C=O) groups is 1. The van der Waals surface area contributed by atoms with Gasteiger partial charge in [-0.3, -0.25) is 4.79 Å². The first kappa shape index (κ1) is 16.0. The SMILES string of the molecule is CC(C)C(NS(=O)(=O)c1ccc(N=[N+]=[N-])cc1)C(=O)O. The van der Waals surface area contributed by atoms with Gasteiger partial charge < -0.3 is 5.11 Å². The van der Waals surface area contributed by atoms with Gasteiger partial charge in [0.15, 0.2) is 0 Å². The molecule has 9 heteroatoms. The Morgan fingerprint density at radius 3 is 2.30 bits per heavy atom. The van der Waals surface area contributed by atoms with Gasteiger partial charge in [0, 0.05) is 10.6 Å². The van der Waals surface area contributed by atoms with Crippen LogP contribution in [0.25, 0.3) is 10.4 Å². The second kappa shape index (κ2) is 6.38. The van der Waals surface area contributed by atoms with E-state index in [4.69, 9.17) is 10.6 Å². The molecule has 0 aliphatic rings. The summed E-state index contributed by atoms with van der Waals surface area (Å²) >= 11 is 0. The fourth-order valence-corrected chi connectivity index (χ4v) is 2.79. The molecule has 108 valence electrons. The Morgan fingerprint density at radius 1 is 1.35 bits per heavy atom. The molecule has 20 heavy (non-hydrogen) atoms. The van der Waals surface area contributed by atoms with E-state index in [9.17, 15) is 13.2 Å². The first-order valence-corrected chi connectivity index (χ1v) is 7.16. The van der Waals surface area contributed by atoms with E-state index < -0.39 is 28.0 Å². The van der Waals surface area contributed by atoms with Crippen LogP contribution in [-0.4, -0.2) is 25.5 Å². The maximum Gasteiger partial charge on any atom is 0.322 e. The molecule has 0 amide bonds. The summed E-state index contributed by atoms with van der Waals surface area (Å²) in [7, 11) is -3.95. The third kappa shape index (κ3) is 3.95. The highest BCUT2D eigenvalue weighted by molar-refractivity contribution is 7.89. The Labute approximate surface area is 116 Å². The topological polar surface area (TPSA) is 132 Å². The number of benzene rings is 1. The minimum atomic E-state index is -3.95. The van der Waals surface area contributed by atoms with E-state index in [-0.39, 0.29) is 10.6 Å². The number of carboxylic acid groups (broad SMARTS) is 1. The van der Waals surface area contributed by atoms with Crippen LogP contribution < -0.4 is 4.72 Å². The summed E-state index contributed by atoms with van der Waals surface area (Å²) in [5.74, 6) is -1.64. The second-order valence-corrected chi connectivity index (χ2v) is 6.08. The summed E-state index contributed by atoms with van der Waals surface area (Å²) < 4.78 is 26.2. The van der Waals surface area contributed by atoms with Crippen molar-refractivity contribution >= 4 is 21.7 Å².